The van der Waals surface area contributed by atoms with Crippen molar-refractivity contribution < 1.29 is 0 Å². The Bertz CT molecular complexity index is 145. The Morgan fingerprint density at radius 2 is 2.30 bits per heavy atom. The molecule has 0 spiro atoms. The lowest BCUT2D eigenvalue weighted by Crippen LogP contribution is -1.98. The van der Waals surface area contributed by atoms with Crippen LogP contribution in [0.5, 0.6) is 0 Å². The van der Waals surface area contributed by atoms with Crippen molar-refractivity contribution in [2.45, 2.75) is 25.7 Å². The lowest BCUT2D eigenvalue weighted by Gasteiger charge is -2.04. The number of rotatable bonds is 3. The van der Waals surface area contributed by atoms with Gasteiger partial charge in [0, 0.05) is 0 Å². The lowest BCUT2D eigenvalue weighted by atomic mass is 10.0. The van der Waals surface area contributed by atoms with Crippen LogP contribution in [0, 0.1) is 0 Å². The monoisotopic (exact) mass is 137 g/mol. The molecule has 0 aromatic rings. The van der Waals surface area contributed by atoms with Crippen molar-refractivity contribution in [3.8, 4) is 0 Å². The van der Waals surface area contributed by atoms with Gasteiger partial charge in [0.05, 0.1) is 0 Å². The molecular formula is C9H15N. The third-order valence-corrected chi connectivity index (χ3v) is 1.74. The van der Waals surface area contributed by atoms with Crippen LogP contribution in [0.3, 0.4) is 0 Å². The third-order valence-electron chi connectivity index (χ3n) is 1.74. The molecule has 0 fully saturated rings. The van der Waals surface area contributed by atoms with E-state index in [1.54, 1.807) is 0 Å². The van der Waals surface area contributed by atoms with Crippen LogP contribution in [0.2, 0.25) is 0 Å². The Morgan fingerprint density at radius 3 is 2.90 bits per heavy atom. The summed E-state index contributed by atoms with van der Waals surface area (Å²) >= 11 is 0. The molecule has 1 aliphatic carbocycles. The maximum Gasteiger partial charge on any atom is -0.00741 e. The first-order chi connectivity index (χ1) is 4.93. The van der Waals surface area contributed by atoms with Crippen LogP contribution < -0.4 is 5.73 Å². The summed E-state index contributed by atoms with van der Waals surface area (Å²) in [5.74, 6) is 0. The van der Waals surface area contributed by atoms with Gasteiger partial charge in [-0.3, -0.25) is 0 Å². The van der Waals surface area contributed by atoms with Crippen LogP contribution in [-0.4, -0.2) is 6.54 Å². The standard InChI is InChI=1S/C9H15N/c10-8-4-7-9-5-2-1-3-6-9/h2,5-6H,1,3-4,7-8,10H2. The normalized spacial score (nSPS) is 17.1. The highest BCUT2D eigenvalue weighted by Crippen LogP contribution is 2.13. The van der Waals surface area contributed by atoms with Crippen molar-refractivity contribution >= 4 is 0 Å². The summed E-state index contributed by atoms with van der Waals surface area (Å²) in [6.07, 6.45) is 11.5. The third kappa shape index (κ3) is 2.36. The molecule has 1 nitrogen and oxygen atoms in total. The van der Waals surface area contributed by atoms with E-state index in [2.05, 4.69) is 18.2 Å². The molecule has 1 aliphatic rings. The zero-order valence-corrected chi connectivity index (χ0v) is 6.34. The molecule has 10 heavy (non-hydrogen) atoms. The smallest absolute Gasteiger partial charge is 0.00741 e. The zero-order valence-electron chi connectivity index (χ0n) is 6.34. The number of nitrogens with two attached hydrogens (primary N) is 1. The highest BCUT2D eigenvalue weighted by molar-refractivity contribution is 5.21. The summed E-state index contributed by atoms with van der Waals surface area (Å²) in [5.41, 5.74) is 6.86. The predicted molar refractivity (Wildman–Crippen MR) is 44.7 cm³/mol. The molecule has 2 N–H and O–H groups in total. The molecule has 0 atom stereocenters. The fourth-order valence-electron chi connectivity index (χ4n) is 1.16. The number of allylic oxidation sites excluding steroid dienone is 4. The van der Waals surface area contributed by atoms with Gasteiger partial charge in [0.25, 0.3) is 0 Å². The van der Waals surface area contributed by atoms with Gasteiger partial charge < -0.3 is 5.73 Å². The van der Waals surface area contributed by atoms with Crippen LogP contribution in [0.1, 0.15) is 25.7 Å². The topological polar surface area (TPSA) is 26.0 Å². The number of hydrogen-bond acceptors (Lipinski definition) is 1. The SMILES string of the molecule is NCCCC1=CCCC=C1. The van der Waals surface area contributed by atoms with Gasteiger partial charge in [0.1, 0.15) is 0 Å². The van der Waals surface area contributed by atoms with E-state index in [0.717, 1.165) is 19.4 Å². The zero-order chi connectivity index (χ0) is 7.23. The lowest BCUT2D eigenvalue weighted by molar-refractivity contribution is 0.823. The summed E-state index contributed by atoms with van der Waals surface area (Å²) in [6, 6.07) is 0. The van der Waals surface area contributed by atoms with E-state index in [1.165, 1.54) is 18.4 Å². The minimum atomic E-state index is 0.811. The molecule has 1 heteroatoms. The molecule has 0 heterocycles. The first-order valence-electron chi connectivity index (χ1n) is 3.99. The summed E-state index contributed by atoms with van der Waals surface area (Å²) in [7, 11) is 0. The maximum atomic E-state index is 5.39. The van der Waals surface area contributed by atoms with Gasteiger partial charge in [0.15, 0.2) is 0 Å². The first kappa shape index (κ1) is 7.55. The van der Waals surface area contributed by atoms with E-state index in [4.69, 9.17) is 5.73 Å². The largest absolute Gasteiger partial charge is 0.330 e. The van der Waals surface area contributed by atoms with Gasteiger partial charge in [-0.2, -0.15) is 0 Å². The van der Waals surface area contributed by atoms with Gasteiger partial charge in [-0.25, -0.2) is 0 Å². The summed E-state index contributed by atoms with van der Waals surface area (Å²) in [4.78, 5) is 0. The average molecular weight is 137 g/mol. The molecule has 0 aromatic heterocycles. The summed E-state index contributed by atoms with van der Waals surface area (Å²) in [6.45, 7) is 0.811. The Kier molecular flexibility index (Phi) is 3.23. The maximum absolute atomic E-state index is 5.39. The minimum absolute atomic E-state index is 0.811. The summed E-state index contributed by atoms with van der Waals surface area (Å²) in [5, 5.41) is 0. The molecule has 56 valence electrons. The second-order valence-electron chi connectivity index (χ2n) is 2.65. The van der Waals surface area contributed by atoms with Crippen LogP contribution >= 0.6 is 0 Å². The van der Waals surface area contributed by atoms with Gasteiger partial charge in [-0.1, -0.05) is 23.8 Å². The van der Waals surface area contributed by atoms with Crippen LogP contribution in [-0.2, 0) is 0 Å². The molecule has 0 bridgehead atoms. The fourth-order valence-corrected chi connectivity index (χ4v) is 1.16. The van der Waals surface area contributed by atoms with Gasteiger partial charge in [0.2, 0.25) is 0 Å². The van der Waals surface area contributed by atoms with Crippen molar-refractivity contribution in [3.05, 3.63) is 23.8 Å². The molecule has 0 saturated carbocycles. The Labute approximate surface area is 62.6 Å². The van der Waals surface area contributed by atoms with Crippen molar-refractivity contribution in [3.63, 3.8) is 0 Å². The van der Waals surface area contributed by atoms with Crippen molar-refractivity contribution in [2.24, 2.45) is 5.73 Å². The fraction of sp³-hybridized carbons (Fsp3) is 0.556. The van der Waals surface area contributed by atoms with Gasteiger partial charge in [-0.05, 0) is 32.2 Å². The number of hydrogen-bond donors (Lipinski definition) is 1. The highest BCUT2D eigenvalue weighted by Gasteiger charge is 1.95. The quantitative estimate of drug-likeness (QED) is 0.632. The Balaban J connectivity index is 2.26. The van der Waals surface area contributed by atoms with Crippen molar-refractivity contribution in [2.75, 3.05) is 6.54 Å². The van der Waals surface area contributed by atoms with E-state index >= 15 is 0 Å². The Hall–Kier alpha value is -0.560. The molecule has 0 unspecified atom stereocenters. The highest BCUT2D eigenvalue weighted by atomic mass is 14.5. The first-order valence-corrected chi connectivity index (χ1v) is 3.99. The molecule has 0 radical (unpaired) electrons. The van der Waals surface area contributed by atoms with Crippen LogP contribution in [0.15, 0.2) is 23.8 Å². The minimum Gasteiger partial charge on any atom is -0.330 e. The second-order valence-corrected chi connectivity index (χ2v) is 2.65. The predicted octanol–water partition coefficient (Wildman–Crippen LogP) is 2.00. The summed E-state index contributed by atoms with van der Waals surface area (Å²) < 4.78 is 0. The van der Waals surface area contributed by atoms with Crippen molar-refractivity contribution in [1.82, 2.24) is 0 Å². The van der Waals surface area contributed by atoms with Crippen LogP contribution in [0.25, 0.3) is 0 Å². The average Bonchev–Trinajstić information content (AvgIpc) is 2.03. The van der Waals surface area contributed by atoms with E-state index in [0.29, 0.717) is 0 Å². The van der Waals surface area contributed by atoms with Gasteiger partial charge in [-0.15, -0.1) is 0 Å². The molecule has 0 aromatic carbocycles. The molecule has 0 amide bonds. The van der Waals surface area contributed by atoms with Crippen molar-refractivity contribution in [1.29, 1.82) is 0 Å². The molecule has 1 rings (SSSR count). The Morgan fingerprint density at radius 1 is 1.40 bits per heavy atom. The molecule has 0 saturated heterocycles. The molecule has 0 aliphatic heterocycles. The van der Waals surface area contributed by atoms with Crippen LogP contribution in [0.4, 0.5) is 0 Å². The van der Waals surface area contributed by atoms with Gasteiger partial charge >= 0.3 is 0 Å². The molecular weight excluding hydrogens is 122 g/mol. The van der Waals surface area contributed by atoms with E-state index < -0.39 is 0 Å². The second kappa shape index (κ2) is 4.29. The van der Waals surface area contributed by atoms with E-state index in [-0.39, 0.29) is 0 Å². The van der Waals surface area contributed by atoms with E-state index in [9.17, 15) is 0 Å². The van der Waals surface area contributed by atoms with E-state index in [1.807, 2.05) is 0 Å².